The highest BCUT2D eigenvalue weighted by Gasteiger charge is 2.14. The number of phenolic OH excluding ortho intramolecular Hbond substituents is 1. The lowest BCUT2D eigenvalue weighted by Crippen LogP contribution is -2.41. The van der Waals surface area contributed by atoms with Crippen molar-refractivity contribution >= 4 is 17.0 Å². The summed E-state index contributed by atoms with van der Waals surface area (Å²) in [6.07, 6.45) is 2.05. The van der Waals surface area contributed by atoms with Gasteiger partial charge < -0.3 is 20.1 Å². The van der Waals surface area contributed by atoms with Crippen LogP contribution in [0.15, 0.2) is 24.4 Å². The summed E-state index contributed by atoms with van der Waals surface area (Å²) in [5, 5.41) is 13.2. The van der Waals surface area contributed by atoms with Crippen molar-refractivity contribution < 1.29 is 14.6 Å². The van der Waals surface area contributed by atoms with Gasteiger partial charge in [0.25, 0.3) is 0 Å². The molecular weight excluding hydrogens is 256 g/mol. The summed E-state index contributed by atoms with van der Waals surface area (Å²) in [7, 11) is 0. The number of carbonyl (C=O) groups excluding carboxylic acids is 1. The number of aromatic hydroxyl groups is 1. The highest BCUT2D eigenvalue weighted by Crippen LogP contribution is 2.23. The minimum atomic E-state index is -0.416. The summed E-state index contributed by atoms with van der Waals surface area (Å²) in [4.78, 5) is 14.6. The summed E-state index contributed by atoms with van der Waals surface area (Å²) in [5.41, 5.74) is 1.67. The number of rotatable bonds is 3. The minimum Gasteiger partial charge on any atom is -0.508 e. The van der Waals surface area contributed by atoms with Gasteiger partial charge in [-0.2, -0.15) is 0 Å². The van der Waals surface area contributed by atoms with Crippen LogP contribution in [0.1, 0.15) is 26.3 Å². The van der Waals surface area contributed by atoms with Crippen molar-refractivity contribution in [2.24, 2.45) is 0 Å². The molecule has 0 bridgehead atoms. The molecule has 0 aliphatic rings. The molecule has 1 heterocycles. The lowest BCUT2D eigenvalue weighted by molar-refractivity contribution is 0.139. The van der Waals surface area contributed by atoms with Gasteiger partial charge in [-0.1, -0.05) is 0 Å². The number of fused-ring (bicyclic) bond motifs is 1. The average Bonchev–Trinajstić information content (AvgIpc) is 2.69. The molecule has 1 amide bonds. The van der Waals surface area contributed by atoms with Crippen molar-refractivity contribution in [2.45, 2.75) is 32.7 Å². The van der Waals surface area contributed by atoms with Crippen LogP contribution in [0.25, 0.3) is 10.9 Å². The molecule has 5 nitrogen and oxygen atoms in total. The number of nitrogens with one attached hydrogen (secondary N) is 2. The number of H-pyrrole nitrogens is 1. The maximum Gasteiger partial charge on any atom is 0.407 e. The summed E-state index contributed by atoms with van der Waals surface area (Å²) >= 11 is 0. The van der Waals surface area contributed by atoms with Gasteiger partial charge in [-0.25, -0.2) is 4.79 Å². The number of aromatic nitrogens is 1. The molecule has 2 aromatic rings. The summed E-state index contributed by atoms with van der Waals surface area (Å²) in [6.45, 7) is 5.99. The van der Waals surface area contributed by atoms with Gasteiger partial charge in [-0.15, -0.1) is 0 Å². The molecule has 0 unspecified atom stereocenters. The van der Waals surface area contributed by atoms with Crippen molar-refractivity contribution in [3.05, 3.63) is 30.0 Å². The van der Waals surface area contributed by atoms with E-state index in [1.54, 1.807) is 12.1 Å². The van der Waals surface area contributed by atoms with E-state index in [0.717, 1.165) is 16.5 Å². The van der Waals surface area contributed by atoms with Crippen LogP contribution in [-0.2, 0) is 11.2 Å². The number of phenols is 1. The third-order valence-electron chi connectivity index (χ3n) is 2.83. The Labute approximate surface area is 117 Å². The Bertz CT molecular complexity index is 611. The predicted molar refractivity (Wildman–Crippen MR) is 77.9 cm³/mol. The molecule has 1 aromatic heterocycles. The van der Waals surface area contributed by atoms with Crippen LogP contribution in [0.5, 0.6) is 5.75 Å². The molecule has 3 N–H and O–H groups in total. The Balaban J connectivity index is 1.93. The van der Waals surface area contributed by atoms with Crippen molar-refractivity contribution in [1.82, 2.24) is 10.3 Å². The molecule has 0 radical (unpaired) electrons. The molecule has 108 valence electrons. The number of benzene rings is 1. The largest absolute Gasteiger partial charge is 0.508 e. The van der Waals surface area contributed by atoms with Crippen LogP contribution < -0.4 is 5.32 Å². The van der Waals surface area contributed by atoms with Gasteiger partial charge in [0.05, 0.1) is 6.61 Å². The number of amides is 1. The molecule has 20 heavy (non-hydrogen) atoms. The van der Waals surface area contributed by atoms with Crippen molar-refractivity contribution in [3.63, 3.8) is 0 Å². The molecule has 0 aliphatic heterocycles. The van der Waals surface area contributed by atoms with Crippen LogP contribution in [0.4, 0.5) is 4.79 Å². The van der Waals surface area contributed by atoms with Gasteiger partial charge in [0.1, 0.15) is 5.75 Å². The molecule has 5 heteroatoms. The Morgan fingerprint density at radius 1 is 1.40 bits per heavy atom. The molecule has 0 saturated carbocycles. The van der Waals surface area contributed by atoms with E-state index in [4.69, 9.17) is 4.74 Å². The normalized spacial score (nSPS) is 11.6. The van der Waals surface area contributed by atoms with E-state index in [2.05, 4.69) is 10.3 Å². The van der Waals surface area contributed by atoms with Crippen LogP contribution in [-0.4, -0.2) is 28.3 Å². The van der Waals surface area contributed by atoms with E-state index in [9.17, 15) is 9.90 Å². The Kier molecular flexibility index (Phi) is 3.88. The third kappa shape index (κ3) is 3.66. The average molecular weight is 276 g/mol. The second-order valence-electron chi connectivity index (χ2n) is 5.80. The van der Waals surface area contributed by atoms with Gasteiger partial charge in [-0.3, -0.25) is 0 Å². The summed E-state index contributed by atoms with van der Waals surface area (Å²) < 4.78 is 5.14. The Hall–Kier alpha value is -2.17. The zero-order chi connectivity index (χ0) is 14.8. The van der Waals surface area contributed by atoms with Gasteiger partial charge in [0, 0.05) is 29.1 Å². The molecule has 0 atom stereocenters. The number of alkyl carbamates (subject to hydrolysis) is 1. The lowest BCUT2D eigenvalue weighted by Gasteiger charge is -2.19. The zero-order valence-electron chi connectivity index (χ0n) is 12.0. The van der Waals surface area contributed by atoms with Crippen LogP contribution >= 0.6 is 0 Å². The summed E-state index contributed by atoms with van der Waals surface area (Å²) in [6, 6.07) is 5.16. The monoisotopic (exact) mass is 276 g/mol. The minimum absolute atomic E-state index is 0.227. The Morgan fingerprint density at radius 2 is 2.15 bits per heavy atom. The second-order valence-corrected chi connectivity index (χ2v) is 5.80. The zero-order valence-corrected chi connectivity index (χ0v) is 12.0. The molecule has 0 fully saturated rings. The molecule has 2 rings (SSSR count). The second kappa shape index (κ2) is 5.45. The maximum absolute atomic E-state index is 11.5. The van der Waals surface area contributed by atoms with E-state index in [0.29, 0.717) is 13.0 Å². The van der Waals surface area contributed by atoms with Crippen molar-refractivity contribution in [2.75, 3.05) is 6.61 Å². The van der Waals surface area contributed by atoms with E-state index < -0.39 is 6.09 Å². The number of ether oxygens (including phenoxy) is 1. The Morgan fingerprint density at radius 3 is 2.85 bits per heavy atom. The smallest absolute Gasteiger partial charge is 0.407 e. The quantitative estimate of drug-likeness (QED) is 0.807. The first-order valence-electron chi connectivity index (χ1n) is 6.59. The molecule has 0 aliphatic carbocycles. The van der Waals surface area contributed by atoms with Crippen LogP contribution in [0, 0.1) is 0 Å². The van der Waals surface area contributed by atoms with Crippen LogP contribution in [0.2, 0.25) is 0 Å². The van der Waals surface area contributed by atoms with E-state index >= 15 is 0 Å². The van der Waals surface area contributed by atoms with E-state index in [1.165, 1.54) is 0 Å². The molecule has 0 saturated heterocycles. The SMILES string of the molecule is CC(C)(C)NC(=O)OCCc1c[nH]c2ccc(O)cc12. The standard InChI is InChI=1S/C15H20N2O3/c1-15(2,3)17-14(19)20-7-6-10-9-16-13-5-4-11(18)8-12(10)13/h4-5,8-9,16,18H,6-7H2,1-3H3,(H,17,19). The van der Waals surface area contributed by atoms with Crippen molar-refractivity contribution in [3.8, 4) is 5.75 Å². The van der Waals surface area contributed by atoms with Gasteiger partial charge in [-0.05, 0) is 44.5 Å². The van der Waals surface area contributed by atoms with Crippen molar-refractivity contribution in [1.29, 1.82) is 0 Å². The number of hydrogen-bond acceptors (Lipinski definition) is 3. The first-order chi connectivity index (χ1) is 9.35. The maximum atomic E-state index is 11.5. The molecule has 1 aromatic carbocycles. The predicted octanol–water partition coefficient (Wildman–Crippen LogP) is 2.94. The van der Waals surface area contributed by atoms with Gasteiger partial charge in [0.2, 0.25) is 0 Å². The fourth-order valence-corrected chi connectivity index (χ4v) is 1.97. The highest BCUT2D eigenvalue weighted by atomic mass is 16.5. The molecule has 0 spiro atoms. The van der Waals surface area contributed by atoms with E-state index in [-0.39, 0.29) is 11.3 Å². The number of carbonyl (C=O) groups is 1. The first kappa shape index (κ1) is 14.2. The molecular formula is C15H20N2O3. The fourth-order valence-electron chi connectivity index (χ4n) is 1.97. The van der Waals surface area contributed by atoms with Crippen LogP contribution in [0.3, 0.4) is 0 Å². The van der Waals surface area contributed by atoms with Gasteiger partial charge >= 0.3 is 6.09 Å². The summed E-state index contributed by atoms with van der Waals surface area (Å²) in [5.74, 6) is 0.227. The van der Waals surface area contributed by atoms with E-state index in [1.807, 2.05) is 33.0 Å². The topological polar surface area (TPSA) is 74.3 Å². The highest BCUT2D eigenvalue weighted by molar-refractivity contribution is 5.84. The first-order valence-corrected chi connectivity index (χ1v) is 6.59. The lowest BCUT2D eigenvalue weighted by atomic mass is 10.1. The van der Waals surface area contributed by atoms with Gasteiger partial charge in [0.15, 0.2) is 0 Å². The number of hydrogen-bond donors (Lipinski definition) is 3. The fraction of sp³-hybridized carbons (Fsp3) is 0.400. The third-order valence-corrected chi connectivity index (χ3v) is 2.83. The number of aromatic amines is 1.